The summed E-state index contributed by atoms with van der Waals surface area (Å²) in [5, 5.41) is 0. The molecule has 2 heteroatoms. The lowest BCUT2D eigenvalue weighted by Crippen LogP contribution is -2.24. The molecule has 0 aliphatic carbocycles. The second-order valence-electron chi connectivity index (χ2n) is 11.8. The van der Waals surface area contributed by atoms with Crippen LogP contribution >= 0.6 is 0 Å². The summed E-state index contributed by atoms with van der Waals surface area (Å²) in [5.74, 6) is 2.28. The average Bonchev–Trinajstić information content (AvgIpc) is 2.50. The monoisotopic (exact) mass is 398 g/mol. The second kappa shape index (κ2) is 13.4. The van der Waals surface area contributed by atoms with Gasteiger partial charge in [-0.3, -0.25) is 0 Å². The van der Waals surface area contributed by atoms with Crippen LogP contribution in [0.25, 0.3) is 0 Å². The Hall–Kier alpha value is 0.177. The maximum atomic E-state index is 6.23. The third-order valence-corrected chi connectivity index (χ3v) is 9.65. The fourth-order valence-corrected chi connectivity index (χ4v) is 6.85. The molecule has 0 aromatic heterocycles. The predicted molar refractivity (Wildman–Crippen MR) is 128 cm³/mol. The zero-order valence-corrected chi connectivity index (χ0v) is 21.9. The highest BCUT2D eigenvalue weighted by Crippen LogP contribution is 2.33. The lowest BCUT2D eigenvalue weighted by atomic mass is 9.76. The standard InChI is InChI=1S/C25H54OSi/c1-11-27(12-2)17-13-16-26-20-23(22(4)19-25(8,9)10)15-14-21(3)18-24(5,6)7/h21-23,27H,11-20H2,1-10H3. The molecule has 3 atom stereocenters. The lowest BCUT2D eigenvalue weighted by molar-refractivity contribution is 0.0629. The SMILES string of the molecule is CC[SiH](CC)CCCOCC(CCC(C)CC(C)(C)C)C(C)CC(C)(C)C. The minimum absolute atomic E-state index is 0.412. The quantitative estimate of drug-likeness (QED) is 0.211. The average molecular weight is 399 g/mol. The van der Waals surface area contributed by atoms with Crippen LogP contribution in [0.3, 0.4) is 0 Å². The molecule has 0 amide bonds. The van der Waals surface area contributed by atoms with Crippen LogP contribution in [-0.4, -0.2) is 22.0 Å². The predicted octanol–water partition coefficient (Wildman–Crippen LogP) is 8.20. The van der Waals surface area contributed by atoms with E-state index in [1.54, 1.807) is 0 Å². The van der Waals surface area contributed by atoms with Crippen LogP contribution in [0.2, 0.25) is 18.1 Å². The lowest BCUT2D eigenvalue weighted by Gasteiger charge is -2.31. The molecule has 0 aliphatic rings. The molecule has 0 saturated carbocycles. The van der Waals surface area contributed by atoms with Gasteiger partial charge in [0.15, 0.2) is 0 Å². The van der Waals surface area contributed by atoms with E-state index in [4.69, 9.17) is 4.74 Å². The Labute approximate surface area is 175 Å². The third-order valence-electron chi connectivity index (χ3n) is 6.12. The molecule has 164 valence electrons. The summed E-state index contributed by atoms with van der Waals surface area (Å²) in [4.78, 5) is 0. The van der Waals surface area contributed by atoms with Crippen molar-refractivity contribution in [2.75, 3.05) is 13.2 Å². The number of rotatable bonds is 14. The van der Waals surface area contributed by atoms with Crippen molar-refractivity contribution >= 4 is 8.80 Å². The summed E-state index contributed by atoms with van der Waals surface area (Å²) < 4.78 is 6.23. The van der Waals surface area contributed by atoms with E-state index >= 15 is 0 Å². The first-order valence-electron chi connectivity index (χ1n) is 12.0. The maximum Gasteiger partial charge on any atom is 0.0496 e. The largest absolute Gasteiger partial charge is 0.381 e. The highest BCUT2D eigenvalue weighted by Gasteiger charge is 2.24. The van der Waals surface area contributed by atoms with E-state index in [2.05, 4.69) is 69.2 Å². The Balaban J connectivity index is 4.48. The van der Waals surface area contributed by atoms with Gasteiger partial charge in [0.2, 0.25) is 0 Å². The highest BCUT2D eigenvalue weighted by atomic mass is 28.3. The minimum Gasteiger partial charge on any atom is -0.381 e. The van der Waals surface area contributed by atoms with E-state index < -0.39 is 8.80 Å². The first-order chi connectivity index (χ1) is 12.4. The van der Waals surface area contributed by atoms with Crippen LogP contribution in [0, 0.1) is 28.6 Å². The Bertz CT molecular complexity index is 348. The van der Waals surface area contributed by atoms with Gasteiger partial charge in [0.05, 0.1) is 0 Å². The molecule has 0 heterocycles. The number of ether oxygens (including phenoxy) is 1. The molecule has 3 unspecified atom stereocenters. The van der Waals surface area contributed by atoms with Gasteiger partial charge in [-0.15, -0.1) is 0 Å². The van der Waals surface area contributed by atoms with Crippen molar-refractivity contribution < 1.29 is 4.74 Å². The molecule has 1 nitrogen and oxygen atoms in total. The third kappa shape index (κ3) is 15.7. The van der Waals surface area contributed by atoms with Crippen molar-refractivity contribution in [2.45, 2.75) is 119 Å². The number of hydrogen-bond acceptors (Lipinski definition) is 1. The fraction of sp³-hybridized carbons (Fsp3) is 1.00. The normalized spacial score (nSPS) is 16.6. The fourth-order valence-electron chi connectivity index (χ4n) is 4.72. The first-order valence-corrected chi connectivity index (χ1v) is 14.4. The van der Waals surface area contributed by atoms with Gasteiger partial charge >= 0.3 is 0 Å². The zero-order valence-electron chi connectivity index (χ0n) is 20.8. The van der Waals surface area contributed by atoms with Gasteiger partial charge in [-0.25, -0.2) is 0 Å². The molecule has 0 saturated heterocycles. The van der Waals surface area contributed by atoms with Crippen LogP contribution in [0.15, 0.2) is 0 Å². The van der Waals surface area contributed by atoms with E-state index in [1.807, 2.05) is 0 Å². The van der Waals surface area contributed by atoms with E-state index in [0.29, 0.717) is 10.8 Å². The Morgan fingerprint density at radius 3 is 1.85 bits per heavy atom. The van der Waals surface area contributed by atoms with E-state index in [0.717, 1.165) is 31.0 Å². The van der Waals surface area contributed by atoms with Crippen molar-refractivity contribution in [3.8, 4) is 0 Å². The summed E-state index contributed by atoms with van der Waals surface area (Å²) in [6, 6.07) is 4.37. The summed E-state index contributed by atoms with van der Waals surface area (Å²) >= 11 is 0. The zero-order chi connectivity index (χ0) is 21.1. The Morgan fingerprint density at radius 2 is 1.37 bits per heavy atom. The smallest absolute Gasteiger partial charge is 0.0496 e. The van der Waals surface area contributed by atoms with Crippen LogP contribution in [-0.2, 0) is 4.74 Å². The van der Waals surface area contributed by atoms with Gasteiger partial charge in [0.25, 0.3) is 0 Å². The van der Waals surface area contributed by atoms with Crippen LogP contribution < -0.4 is 0 Å². The molecule has 0 fully saturated rings. The van der Waals surface area contributed by atoms with Crippen molar-refractivity contribution in [1.82, 2.24) is 0 Å². The number of hydrogen-bond donors (Lipinski definition) is 0. The van der Waals surface area contributed by atoms with Crippen molar-refractivity contribution in [2.24, 2.45) is 28.6 Å². The van der Waals surface area contributed by atoms with Gasteiger partial charge in [0.1, 0.15) is 0 Å². The van der Waals surface area contributed by atoms with E-state index in [9.17, 15) is 0 Å². The van der Waals surface area contributed by atoms with Gasteiger partial charge < -0.3 is 4.74 Å². The molecule has 0 aromatic carbocycles. The topological polar surface area (TPSA) is 9.23 Å². The summed E-state index contributed by atoms with van der Waals surface area (Å²) in [6.45, 7) is 25.9. The molecule has 0 aromatic rings. The molecule has 0 bridgehead atoms. The molecule has 0 rings (SSSR count). The van der Waals surface area contributed by atoms with Gasteiger partial charge in [0, 0.05) is 22.0 Å². The van der Waals surface area contributed by atoms with Crippen LogP contribution in [0.1, 0.15) is 101 Å². The summed E-state index contributed by atoms with van der Waals surface area (Å²) in [6.07, 6.45) is 6.60. The van der Waals surface area contributed by atoms with E-state index in [1.165, 1.54) is 50.2 Å². The van der Waals surface area contributed by atoms with E-state index in [-0.39, 0.29) is 0 Å². The van der Waals surface area contributed by atoms with Crippen molar-refractivity contribution in [1.29, 1.82) is 0 Å². The van der Waals surface area contributed by atoms with Gasteiger partial charge in [-0.2, -0.15) is 0 Å². The summed E-state index contributed by atoms with van der Waals surface area (Å²) in [7, 11) is -0.436. The highest BCUT2D eigenvalue weighted by molar-refractivity contribution is 6.58. The summed E-state index contributed by atoms with van der Waals surface area (Å²) in [5.41, 5.74) is 0.858. The molecular weight excluding hydrogens is 344 g/mol. The molecule has 27 heavy (non-hydrogen) atoms. The minimum atomic E-state index is -0.436. The van der Waals surface area contributed by atoms with Crippen LogP contribution in [0.4, 0.5) is 0 Å². The molecule has 0 spiro atoms. The maximum absolute atomic E-state index is 6.23. The van der Waals surface area contributed by atoms with Gasteiger partial charge in [-0.1, -0.05) is 93.8 Å². The second-order valence-corrected chi connectivity index (χ2v) is 15.8. The molecular formula is C25H54OSi. The molecule has 0 N–H and O–H groups in total. The Morgan fingerprint density at radius 1 is 0.815 bits per heavy atom. The molecule has 0 radical (unpaired) electrons. The first kappa shape index (κ1) is 27.2. The Kier molecular flexibility index (Phi) is 13.5. The van der Waals surface area contributed by atoms with Gasteiger partial charge in [-0.05, 0) is 54.3 Å². The van der Waals surface area contributed by atoms with Crippen LogP contribution in [0.5, 0.6) is 0 Å². The molecule has 0 aliphatic heterocycles. The van der Waals surface area contributed by atoms with Crippen molar-refractivity contribution in [3.63, 3.8) is 0 Å². The van der Waals surface area contributed by atoms with Crippen molar-refractivity contribution in [3.05, 3.63) is 0 Å².